The minimum Gasteiger partial charge on any atom is -0.200 e. The molecule has 0 radical (unpaired) electrons. The molecule has 0 unspecified atom stereocenters. The molecule has 0 N–H and O–H groups in total. The fraction of sp³-hybridized carbons (Fsp3) is 0.133. The van der Waals surface area contributed by atoms with E-state index in [0.717, 1.165) is 20.0 Å². The second kappa shape index (κ2) is 6.41. The van der Waals surface area contributed by atoms with E-state index < -0.39 is 10.0 Å². The summed E-state index contributed by atoms with van der Waals surface area (Å²) in [5, 5.41) is 4.01. The van der Waals surface area contributed by atoms with Gasteiger partial charge in [-0.25, -0.2) is 0 Å². The Labute approximate surface area is 133 Å². The Bertz CT molecular complexity index is 755. The highest BCUT2D eigenvalue weighted by atomic mass is 79.9. The van der Waals surface area contributed by atoms with Crippen molar-refractivity contribution in [1.82, 2.24) is 4.41 Å². The van der Waals surface area contributed by atoms with Crippen LogP contribution in [-0.4, -0.2) is 26.1 Å². The molecule has 4 nitrogen and oxygen atoms in total. The first-order valence-electron chi connectivity index (χ1n) is 6.25. The monoisotopic (exact) mass is 366 g/mol. The lowest BCUT2D eigenvalue weighted by Gasteiger charge is -2.13. The van der Waals surface area contributed by atoms with Crippen molar-refractivity contribution in [2.24, 2.45) is 5.10 Å². The molecule has 0 bridgehead atoms. The Balaban J connectivity index is 2.22. The Morgan fingerprint density at radius 1 is 1.14 bits per heavy atom. The van der Waals surface area contributed by atoms with Gasteiger partial charge in [-0.2, -0.15) is 17.9 Å². The molecule has 0 spiro atoms. The zero-order valence-electron chi connectivity index (χ0n) is 11.7. The quantitative estimate of drug-likeness (QED) is 0.614. The minimum atomic E-state index is -3.61. The summed E-state index contributed by atoms with van der Waals surface area (Å²) in [5.41, 5.74) is 1.82. The molecule has 0 amide bonds. The molecule has 0 atom stereocenters. The zero-order valence-corrected chi connectivity index (χ0v) is 14.1. The normalized spacial score (nSPS) is 11.8. The van der Waals surface area contributed by atoms with Crippen molar-refractivity contribution in [2.45, 2.75) is 11.8 Å². The van der Waals surface area contributed by atoms with Crippen molar-refractivity contribution in [3.63, 3.8) is 0 Å². The van der Waals surface area contributed by atoms with E-state index in [4.69, 9.17) is 0 Å². The summed E-state index contributed by atoms with van der Waals surface area (Å²) in [4.78, 5) is 0.224. The number of benzene rings is 2. The van der Waals surface area contributed by atoms with Crippen LogP contribution in [0.15, 0.2) is 63.0 Å². The van der Waals surface area contributed by atoms with Crippen molar-refractivity contribution in [2.75, 3.05) is 7.05 Å². The van der Waals surface area contributed by atoms with E-state index >= 15 is 0 Å². The van der Waals surface area contributed by atoms with Gasteiger partial charge in [-0.05, 0) is 36.8 Å². The fourth-order valence-electron chi connectivity index (χ4n) is 1.66. The predicted molar refractivity (Wildman–Crippen MR) is 87.9 cm³/mol. The number of nitrogens with zero attached hydrogens (tertiary/aromatic N) is 2. The Kier molecular flexibility index (Phi) is 4.80. The van der Waals surface area contributed by atoms with Crippen LogP contribution < -0.4 is 0 Å². The average molecular weight is 367 g/mol. The molecule has 0 aromatic heterocycles. The number of sulfonamides is 1. The summed E-state index contributed by atoms with van der Waals surface area (Å²) in [6.45, 7) is 1.91. The first-order valence-corrected chi connectivity index (χ1v) is 8.48. The molecular weight excluding hydrogens is 352 g/mol. The van der Waals surface area contributed by atoms with Gasteiger partial charge in [-0.1, -0.05) is 45.8 Å². The smallest absolute Gasteiger partial charge is 0.200 e. The molecule has 0 saturated heterocycles. The standard InChI is InChI=1S/C15H15BrN2O2S/c1-12-6-8-15(9-7-12)21(19,20)18(2)17-11-13-4-3-5-14(16)10-13/h3-11H,1-2H3/b17-11+. The first kappa shape index (κ1) is 15.7. The number of halogens is 1. The van der Waals surface area contributed by atoms with Gasteiger partial charge in [0.15, 0.2) is 0 Å². The van der Waals surface area contributed by atoms with E-state index in [9.17, 15) is 8.42 Å². The van der Waals surface area contributed by atoms with Crippen molar-refractivity contribution in [3.8, 4) is 0 Å². The maximum atomic E-state index is 12.3. The zero-order chi connectivity index (χ0) is 15.5. The number of aryl methyl sites for hydroxylation is 1. The number of rotatable bonds is 4. The van der Waals surface area contributed by atoms with E-state index in [2.05, 4.69) is 21.0 Å². The van der Waals surface area contributed by atoms with Gasteiger partial charge in [0.25, 0.3) is 10.0 Å². The number of hydrogen-bond acceptors (Lipinski definition) is 3. The van der Waals surface area contributed by atoms with Gasteiger partial charge >= 0.3 is 0 Å². The second-order valence-corrected chi connectivity index (χ2v) is 7.42. The van der Waals surface area contributed by atoms with Crippen molar-refractivity contribution in [3.05, 3.63) is 64.1 Å². The second-order valence-electron chi connectivity index (χ2n) is 4.55. The third kappa shape index (κ3) is 3.92. The number of hydrazone groups is 1. The molecule has 0 aliphatic rings. The molecule has 21 heavy (non-hydrogen) atoms. The van der Waals surface area contributed by atoms with Crippen LogP contribution in [0.5, 0.6) is 0 Å². The average Bonchev–Trinajstić information content (AvgIpc) is 2.45. The minimum absolute atomic E-state index is 0.224. The lowest BCUT2D eigenvalue weighted by Crippen LogP contribution is -2.21. The summed E-state index contributed by atoms with van der Waals surface area (Å²) in [6.07, 6.45) is 1.51. The van der Waals surface area contributed by atoms with Crippen LogP contribution in [0.4, 0.5) is 0 Å². The highest BCUT2D eigenvalue weighted by molar-refractivity contribution is 9.10. The largest absolute Gasteiger partial charge is 0.278 e. The van der Waals surface area contributed by atoms with Gasteiger partial charge in [0.1, 0.15) is 0 Å². The van der Waals surface area contributed by atoms with E-state index in [-0.39, 0.29) is 4.90 Å². The Hall–Kier alpha value is -1.66. The first-order chi connectivity index (χ1) is 9.89. The van der Waals surface area contributed by atoms with Gasteiger partial charge in [-0.3, -0.25) is 0 Å². The summed E-state index contributed by atoms with van der Waals surface area (Å²) >= 11 is 3.36. The van der Waals surface area contributed by atoms with Crippen LogP contribution in [0, 0.1) is 6.92 Å². The van der Waals surface area contributed by atoms with Crippen molar-refractivity contribution >= 4 is 32.2 Å². The molecular formula is C15H15BrN2O2S. The van der Waals surface area contributed by atoms with E-state index in [1.807, 2.05) is 31.2 Å². The molecule has 110 valence electrons. The molecule has 0 aliphatic heterocycles. The third-order valence-electron chi connectivity index (χ3n) is 2.88. The summed E-state index contributed by atoms with van der Waals surface area (Å²) < 4.78 is 26.6. The topological polar surface area (TPSA) is 49.7 Å². The lowest BCUT2D eigenvalue weighted by molar-refractivity contribution is 0.491. The van der Waals surface area contributed by atoms with Gasteiger partial charge in [0.05, 0.1) is 11.1 Å². The van der Waals surface area contributed by atoms with Crippen LogP contribution in [-0.2, 0) is 10.0 Å². The highest BCUT2D eigenvalue weighted by Gasteiger charge is 2.18. The van der Waals surface area contributed by atoms with Gasteiger partial charge in [-0.15, -0.1) is 0 Å². The molecule has 0 fully saturated rings. The van der Waals surface area contributed by atoms with E-state index in [1.54, 1.807) is 24.3 Å². The molecule has 0 aliphatic carbocycles. The molecule has 0 saturated carbocycles. The predicted octanol–water partition coefficient (Wildman–Crippen LogP) is 3.41. The summed E-state index contributed by atoms with van der Waals surface area (Å²) in [5.74, 6) is 0. The lowest BCUT2D eigenvalue weighted by atomic mass is 10.2. The fourth-order valence-corrected chi connectivity index (χ4v) is 3.03. The van der Waals surface area contributed by atoms with Crippen LogP contribution >= 0.6 is 15.9 Å². The summed E-state index contributed by atoms with van der Waals surface area (Å²) in [6, 6.07) is 14.1. The number of hydrogen-bond donors (Lipinski definition) is 0. The van der Waals surface area contributed by atoms with Crippen LogP contribution in [0.2, 0.25) is 0 Å². The SMILES string of the molecule is Cc1ccc(S(=O)(=O)N(C)/N=C/c2cccc(Br)c2)cc1. The van der Waals surface area contributed by atoms with Crippen molar-refractivity contribution < 1.29 is 8.42 Å². The Morgan fingerprint density at radius 3 is 2.43 bits per heavy atom. The van der Waals surface area contributed by atoms with Crippen LogP contribution in [0.25, 0.3) is 0 Å². The third-order valence-corrected chi connectivity index (χ3v) is 5.04. The highest BCUT2D eigenvalue weighted by Crippen LogP contribution is 2.15. The van der Waals surface area contributed by atoms with Gasteiger partial charge in [0.2, 0.25) is 0 Å². The van der Waals surface area contributed by atoms with E-state index in [1.165, 1.54) is 13.3 Å². The summed E-state index contributed by atoms with van der Waals surface area (Å²) in [7, 11) is -2.19. The molecule has 2 aromatic carbocycles. The van der Waals surface area contributed by atoms with Crippen molar-refractivity contribution in [1.29, 1.82) is 0 Å². The molecule has 0 heterocycles. The van der Waals surface area contributed by atoms with Crippen LogP contribution in [0.3, 0.4) is 0 Å². The van der Waals surface area contributed by atoms with Gasteiger partial charge < -0.3 is 0 Å². The Morgan fingerprint density at radius 2 is 1.81 bits per heavy atom. The molecule has 2 aromatic rings. The maximum absolute atomic E-state index is 12.3. The molecule has 2 rings (SSSR count). The van der Waals surface area contributed by atoms with Gasteiger partial charge in [0, 0.05) is 11.5 Å². The molecule has 6 heteroatoms. The van der Waals surface area contributed by atoms with Crippen LogP contribution in [0.1, 0.15) is 11.1 Å². The van der Waals surface area contributed by atoms with E-state index in [0.29, 0.717) is 0 Å². The maximum Gasteiger partial charge on any atom is 0.278 e.